The molecular weight excluding hydrogens is 587 g/mol. The molecule has 0 unspecified atom stereocenters. The molecule has 0 amide bonds. The van der Waals surface area contributed by atoms with E-state index in [1.165, 1.54) is 33.4 Å². The number of hydrogen-bond acceptors (Lipinski definition) is 0. The normalized spacial score (nSPS) is 15.1. The van der Waals surface area contributed by atoms with Gasteiger partial charge in [-0.1, -0.05) is 0 Å². The molecule has 3 aromatic rings. The summed E-state index contributed by atoms with van der Waals surface area (Å²) in [4.78, 5) is 0. The summed E-state index contributed by atoms with van der Waals surface area (Å²) in [5.74, 6) is 0. The Morgan fingerprint density at radius 1 is 0.649 bits per heavy atom. The zero-order chi connectivity index (χ0) is 24.5. The SMILES string of the molecule is CCc1cccc(C2=[C]([Zr]([CH3])(=[SiH2])([C]3=C(c4cccc(CC)c4)C=CC3)[c]3ccccc3)CC=C2)c1.Cl.Cl. The summed E-state index contributed by atoms with van der Waals surface area (Å²) < 4.78 is 7.71. The summed E-state index contributed by atoms with van der Waals surface area (Å²) in [7, 11) is 0. The predicted molar refractivity (Wildman–Crippen MR) is 168 cm³/mol. The van der Waals surface area contributed by atoms with Gasteiger partial charge in [-0.2, -0.15) is 0 Å². The molecule has 37 heavy (non-hydrogen) atoms. The van der Waals surface area contributed by atoms with Gasteiger partial charge < -0.3 is 0 Å². The molecule has 3 aromatic carbocycles. The Balaban J connectivity index is 0.00000190. The summed E-state index contributed by atoms with van der Waals surface area (Å²) in [5, 5.41) is 0. The molecule has 2 aliphatic carbocycles. The van der Waals surface area contributed by atoms with Gasteiger partial charge in [0.15, 0.2) is 0 Å². The van der Waals surface area contributed by atoms with E-state index in [9.17, 15) is 0 Å². The van der Waals surface area contributed by atoms with Crippen molar-refractivity contribution in [1.82, 2.24) is 0 Å². The van der Waals surface area contributed by atoms with E-state index in [-0.39, 0.29) is 24.8 Å². The Hall–Kier alpha value is -1.70. The van der Waals surface area contributed by atoms with E-state index < -0.39 is 17.4 Å². The largest absolute Gasteiger partial charge is 0.147 e. The number of hydrogen-bond donors (Lipinski definition) is 0. The Bertz CT molecular complexity index is 1390. The summed E-state index contributed by atoms with van der Waals surface area (Å²) in [6, 6.07) is 30.0. The van der Waals surface area contributed by atoms with Crippen LogP contribution in [0.1, 0.15) is 48.9 Å². The number of aryl methyl sites for hydroxylation is 2. The third kappa shape index (κ3) is 5.28. The van der Waals surface area contributed by atoms with Gasteiger partial charge >= 0.3 is 215 Å². The van der Waals surface area contributed by atoms with E-state index in [4.69, 9.17) is 0 Å². The fraction of sp³-hybridized carbons (Fsp3) is 0.212. The summed E-state index contributed by atoms with van der Waals surface area (Å²) >= 11 is -3.88. The second-order valence-corrected chi connectivity index (χ2v) is 35.2. The first kappa shape index (κ1) is 29.9. The van der Waals surface area contributed by atoms with Gasteiger partial charge in [0.2, 0.25) is 0 Å². The fourth-order valence-electron chi connectivity index (χ4n) is 6.17. The molecule has 0 nitrogen and oxygen atoms in total. The Kier molecular flexibility index (Phi) is 9.68. The van der Waals surface area contributed by atoms with Crippen LogP contribution in [0.25, 0.3) is 11.1 Å². The molecule has 0 N–H and O–H groups in total. The van der Waals surface area contributed by atoms with Crippen molar-refractivity contribution in [2.75, 3.05) is 0 Å². The molecule has 0 saturated carbocycles. The van der Waals surface area contributed by atoms with Gasteiger partial charge in [-0.3, -0.25) is 0 Å². The maximum absolute atomic E-state index is 3.88. The van der Waals surface area contributed by atoms with Crippen LogP contribution >= 0.6 is 24.8 Å². The average Bonchev–Trinajstić information content (AvgIpc) is 3.61. The van der Waals surface area contributed by atoms with Gasteiger partial charge in [-0.05, 0) is 0 Å². The van der Waals surface area contributed by atoms with E-state index >= 15 is 0 Å². The Labute approximate surface area is 238 Å². The third-order valence-corrected chi connectivity index (χ3v) is 30.8. The molecule has 192 valence electrons. The van der Waals surface area contributed by atoms with Gasteiger partial charge in [0.05, 0.1) is 0 Å². The monoisotopic (exact) mass is 622 g/mol. The van der Waals surface area contributed by atoms with Gasteiger partial charge in [0, 0.05) is 0 Å². The second kappa shape index (κ2) is 12.0. The van der Waals surface area contributed by atoms with E-state index in [0.29, 0.717) is 0 Å². The van der Waals surface area contributed by atoms with Crippen LogP contribution in [0.5, 0.6) is 0 Å². The predicted octanol–water partition coefficient (Wildman–Crippen LogP) is 8.31. The van der Waals surface area contributed by atoms with Crippen molar-refractivity contribution >= 4 is 46.1 Å². The second-order valence-electron chi connectivity index (χ2n) is 10.5. The van der Waals surface area contributed by atoms with E-state index in [1.54, 1.807) is 9.83 Å². The molecule has 0 bridgehead atoms. The molecule has 0 aromatic heterocycles. The van der Waals surface area contributed by atoms with Crippen LogP contribution in [0.15, 0.2) is 110 Å². The maximum Gasteiger partial charge on any atom is -0.147 e. The number of benzene rings is 3. The molecule has 0 aliphatic heterocycles. The summed E-state index contributed by atoms with van der Waals surface area (Å²) in [6.07, 6.45) is 13.9. The van der Waals surface area contributed by atoms with Gasteiger partial charge in [-0.15, -0.1) is 24.8 Å². The minimum atomic E-state index is -3.88. The van der Waals surface area contributed by atoms with Crippen LogP contribution in [0.4, 0.5) is 0 Å². The minimum absolute atomic E-state index is 0. The minimum Gasteiger partial charge on any atom is -0.147 e. The topological polar surface area (TPSA) is 0 Å². The Morgan fingerprint density at radius 3 is 1.54 bits per heavy atom. The molecule has 0 saturated heterocycles. The van der Waals surface area contributed by atoms with Crippen molar-refractivity contribution in [2.24, 2.45) is 0 Å². The molecule has 0 fully saturated rings. The smallest absolute Gasteiger partial charge is 0.147 e. The van der Waals surface area contributed by atoms with Crippen molar-refractivity contribution in [3.05, 3.63) is 132 Å². The number of rotatable bonds is 7. The van der Waals surface area contributed by atoms with Gasteiger partial charge in [0.25, 0.3) is 0 Å². The van der Waals surface area contributed by atoms with Gasteiger partial charge in [-0.25, -0.2) is 0 Å². The zero-order valence-electron chi connectivity index (χ0n) is 22.2. The van der Waals surface area contributed by atoms with Gasteiger partial charge in [0.1, 0.15) is 0 Å². The van der Waals surface area contributed by atoms with Crippen molar-refractivity contribution in [1.29, 1.82) is 0 Å². The summed E-state index contributed by atoms with van der Waals surface area (Å²) in [5.41, 5.74) is 8.56. The van der Waals surface area contributed by atoms with Crippen LogP contribution in [0.3, 0.4) is 0 Å². The first-order valence-corrected chi connectivity index (χ1v) is 25.1. The third-order valence-electron chi connectivity index (χ3n) is 8.34. The zero-order valence-corrected chi connectivity index (χ0v) is 27.7. The van der Waals surface area contributed by atoms with Crippen molar-refractivity contribution in [2.45, 2.75) is 44.2 Å². The molecule has 2 aliphatic rings. The fourth-order valence-corrected chi connectivity index (χ4v) is 24.8. The van der Waals surface area contributed by atoms with E-state index in [0.717, 1.165) is 25.7 Å². The Morgan fingerprint density at radius 2 is 1.11 bits per heavy atom. The molecule has 0 atom stereocenters. The molecule has 5 rings (SSSR count). The number of halogens is 2. The first-order valence-electron chi connectivity index (χ1n) is 13.0. The average molecular weight is 625 g/mol. The van der Waals surface area contributed by atoms with Crippen molar-refractivity contribution in [3.8, 4) is 0 Å². The standard InChI is InChI=1S/2C13H13.C6H5.CH3.2ClH.H2Si.Zr/c2*1-2-11-6-5-9-13(10-11)12-7-3-4-8-12;1-2-4-6-5-3-1;;;;;/h2*3,5-7,9-10H,2,4H2,1H3;1-5H;1H3;2*1H;1H2;. The van der Waals surface area contributed by atoms with E-state index in [1.807, 2.05) is 0 Å². The van der Waals surface area contributed by atoms with Crippen LogP contribution < -0.4 is 3.27 Å². The first-order chi connectivity index (χ1) is 16.9. The molecule has 4 heteroatoms. The van der Waals surface area contributed by atoms with Crippen LogP contribution in [-0.2, 0) is 30.2 Å². The molecular formula is C33H38Cl2SiZr. The van der Waals surface area contributed by atoms with Crippen LogP contribution in [-0.4, -0.2) is 6.88 Å². The van der Waals surface area contributed by atoms with Crippen molar-refractivity contribution < 1.29 is 17.4 Å². The molecule has 0 heterocycles. The van der Waals surface area contributed by atoms with Crippen LogP contribution in [0, 0.1) is 0 Å². The van der Waals surface area contributed by atoms with Crippen LogP contribution in [0.2, 0.25) is 4.63 Å². The maximum atomic E-state index is 2.70. The van der Waals surface area contributed by atoms with Crippen molar-refractivity contribution in [3.63, 3.8) is 0 Å². The quantitative estimate of drug-likeness (QED) is 0.232. The van der Waals surface area contributed by atoms with E-state index in [2.05, 4.69) is 129 Å². The number of allylic oxidation sites excluding steroid dienone is 8. The molecule has 0 radical (unpaired) electrons. The molecule has 0 spiro atoms. The summed E-state index contributed by atoms with van der Waals surface area (Å²) in [6.45, 7) is 6.89.